The molecule has 2 aromatic heterocycles. The average molecular weight is 454 g/mol. The molecule has 2 heterocycles. The predicted octanol–water partition coefficient (Wildman–Crippen LogP) is 6.33. The molecule has 3 rings (SSSR count). The fraction of sp³-hybridized carbons (Fsp3) is 0.519. The highest BCUT2D eigenvalue weighted by atomic mass is 16.4. The molecule has 0 aliphatic rings. The van der Waals surface area contributed by atoms with Gasteiger partial charge in [0, 0.05) is 24.2 Å². The number of imidazole rings is 1. The molecule has 6 heteroatoms. The Balaban J connectivity index is 0.000000315. The number of aryl methyl sites for hydroxylation is 1. The molecule has 0 amide bonds. The molecular weight excluding hydrogens is 414 g/mol. The summed E-state index contributed by atoms with van der Waals surface area (Å²) in [7, 11) is 0. The SMILES string of the molecule is CCCCCCCCCCCc1nc(C(C)O)cn1CC(=O)O.c1ccc2ncccc2c1. The third-order valence-corrected chi connectivity index (χ3v) is 5.63. The number of fused-ring (bicyclic) bond motifs is 1. The first kappa shape index (κ1) is 26.5. The van der Waals surface area contributed by atoms with Crippen LogP contribution in [-0.4, -0.2) is 30.7 Å². The lowest BCUT2D eigenvalue weighted by atomic mass is 10.1. The van der Waals surface area contributed by atoms with Crippen LogP contribution >= 0.6 is 0 Å². The molecule has 0 radical (unpaired) electrons. The zero-order chi connectivity index (χ0) is 23.9. The Labute approximate surface area is 197 Å². The Morgan fingerprint density at radius 2 is 1.61 bits per heavy atom. The normalized spacial score (nSPS) is 11.7. The fourth-order valence-corrected chi connectivity index (χ4v) is 3.77. The van der Waals surface area contributed by atoms with Crippen LogP contribution in [0.4, 0.5) is 0 Å². The van der Waals surface area contributed by atoms with Crippen molar-refractivity contribution in [2.24, 2.45) is 0 Å². The van der Waals surface area contributed by atoms with E-state index in [0.29, 0.717) is 5.69 Å². The van der Waals surface area contributed by atoms with Gasteiger partial charge in [-0.2, -0.15) is 0 Å². The molecule has 0 bridgehead atoms. The summed E-state index contributed by atoms with van der Waals surface area (Å²) in [5.41, 5.74) is 1.61. The van der Waals surface area contributed by atoms with Gasteiger partial charge in [0.25, 0.3) is 0 Å². The van der Waals surface area contributed by atoms with E-state index in [4.69, 9.17) is 5.11 Å². The second-order valence-corrected chi connectivity index (χ2v) is 8.55. The number of aliphatic carboxylic acids is 1. The van der Waals surface area contributed by atoms with Crippen molar-refractivity contribution in [3.05, 3.63) is 60.3 Å². The smallest absolute Gasteiger partial charge is 0.323 e. The number of nitrogens with zero attached hydrogens (tertiary/aromatic N) is 3. The van der Waals surface area contributed by atoms with Crippen LogP contribution in [0.2, 0.25) is 0 Å². The van der Waals surface area contributed by atoms with Crippen molar-refractivity contribution in [3.8, 4) is 0 Å². The third kappa shape index (κ3) is 10.2. The number of aliphatic hydroxyl groups is 1. The Bertz CT molecular complexity index is 887. The zero-order valence-corrected chi connectivity index (χ0v) is 20.1. The standard InChI is InChI=1S/C18H32N2O3.C9H7N/c1-3-4-5-6-7-8-9-10-11-12-17-19-16(15(2)21)13-20(17)14-18(22)23;1-2-6-9-8(4-1)5-3-7-10-9/h13,15,21H,3-12,14H2,1-2H3,(H,22,23);1-7H. The molecule has 0 spiro atoms. The number of carbonyl (C=O) groups is 1. The maximum absolute atomic E-state index is 10.9. The van der Waals surface area contributed by atoms with Crippen LogP contribution in [-0.2, 0) is 17.8 Å². The minimum Gasteiger partial charge on any atom is -0.480 e. The van der Waals surface area contributed by atoms with Crippen molar-refractivity contribution in [2.75, 3.05) is 0 Å². The van der Waals surface area contributed by atoms with Crippen LogP contribution < -0.4 is 0 Å². The van der Waals surface area contributed by atoms with Gasteiger partial charge in [0.1, 0.15) is 12.4 Å². The molecule has 33 heavy (non-hydrogen) atoms. The number of hydrogen-bond donors (Lipinski definition) is 2. The van der Waals surface area contributed by atoms with Crippen molar-refractivity contribution in [1.82, 2.24) is 14.5 Å². The van der Waals surface area contributed by atoms with Crippen LogP contribution in [0.15, 0.2) is 48.8 Å². The monoisotopic (exact) mass is 453 g/mol. The lowest BCUT2D eigenvalue weighted by Crippen LogP contribution is -2.11. The summed E-state index contributed by atoms with van der Waals surface area (Å²) in [6.07, 6.45) is 14.9. The summed E-state index contributed by atoms with van der Waals surface area (Å²) in [5.74, 6) is -0.112. The molecular formula is C27H39N3O3. The minimum atomic E-state index is -0.882. The maximum Gasteiger partial charge on any atom is 0.323 e. The molecule has 0 saturated heterocycles. The highest BCUT2D eigenvalue weighted by Gasteiger charge is 2.13. The highest BCUT2D eigenvalue weighted by Crippen LogP contribution is 2.15. The quantitative estimate of drug-likeness (QED) is 0.295. The van der Waals surface area contributed by atoms with E-state index in [1.807, 2.05) is 30.5 Å². The lowest BCUT2D eigenvalue weighted by molar-refractivity contribution is -0.137. The van der Waals surface area contributed by atoms with E-state index in [2.05, 4.69) is 29.0 Å². The zero-order valence-electron chi connectivity index (χ0n) is 20.1. The minimum absolute atomic E-state index is 0.0908. The van der Waals surface area contributed by atoms with Gasteiger partial charge in [-0.1, -0.05) is 82.6 Å². The summed E-state index contributed by atoms with van der Waals surface area (Å²) in [6, 6.07) is 12.1. The van der Waals surface area contributed by atoms with E-state index in [0.717, 1.165) is 30.6 Å². The van der Waals surface area contributed by atoms with E-state index in [1.165, 1.54) is 50.3 Å². The number of benzene rings is 1. The molecule has 0 saturated carbocycles. The second kappa shape index (κ2) is 15.2. The van der Waals surface area contributed by atoms with Gasteiger partial charge in [-0.25, -0.2) is 4.98 Å². The molecule has 2 N–H and O–H groups in total. The summed E-state index contributed by atoms with van der Waals surface area (Å²) < 4.78 is 1.65. The van der Waals surface area contributed by atoms with Crippen LogP contribution in [0.1, 0.15) is 89.3 Å². The Morgan fingerprint density at radius 1 is 0.970 bits per heavy atom. The molecule has 3 aromatic rings. The van der Waals surface area contributed by atoms with E-state index in [-0.39, 0.29) is 6.54 Å². The Kier molecular flexibility index (Phi) is 12.2. The lowest BCUT2D eigenvalue weighted by Gasteiger charge is -2.05. The molecule has 1 unspecified atom stereocenters. The van der Waals surface area contributed by atoms with Crippen molar-refractivity contribution < 1.29 is 15.0 Å². The van der Waals surface area contributed by atoms with Gasteiger partial charge < -0.3 is 14.8 Å². The summed E-state index contributed by atoms with van der Waals surface area (Å²) in [4.78, 5) is 19.5. The number of para-hydroxylation sites is 1. The molecule has 0 aliphatic heterocycles. The number of hydrogen-bond acceptors (Lipinski definition) is 4. The van der Waals surface area contributed by atoms with E-state index in [9.17, 15) is 9.90 Å². The van der Waals surface area contributed by atoms with Crippen LogP contribution in [0, 0.1) is 0 Å². The van der Waals surface area contributed by atoms with Crippen molar-refractivity contribution in [3.63, 3.8) is 0 Å². The summed E-state index contributed by atoms with van der Waals surface area (Å²) in [6.45, 7) is 3.79. The van der Waals surface area contributed by atoms with Crippen LogP contribution in [0.25, 0.3) is 10.9 Å². The van der Waals surface area contributed by atoms with Gasteiger partial charge in [0.15, 0.2) is 0 Å². The number of carboxylic acid groups (broad SMARTS) is 1. The van der Waals surface area contributed by atoms with Gasteiger partial charge >= 0.3 is 5.97 Å². The van der Waals surface area contributed by atoms with Gasteiger partial charge in [0.05, 0.1) is 17.3 Å². The maximum atomic E-state index is 10.9. The first-order chi connectivity index (χ1) is 16.0. The van der Waals surface area contributed by atoms with E-state index >= 15 is 0 Å². The highest BCUT2D eigenvalue weighted by molar-refractivity contribution is 5.77. The topological polar surface area (TPSA) is 88.2 Å². The molecule has 180 valence electrons. The number of aliphatic hydroxyl groups excluding tert-OH is 1. The number of rotatable bonds is 13. The van der Waals surface area contributed by atoms with Crippen LogP contribution in [0.5, 0.6) is 0 Å². The van der Waals surface area contributed by atoms with Crippen molar-refractivity contribution in [2.45, 2.75) is 90.7 Å². The Hall–Kier alpha value is -2.73. The number of aromatic nitrogens is 3. The van der Waals surface area contributed by atoms with Gasteiger partial charge in [-0.15, -0.1) is 0 Å². The van der Waals surface area contributed by atoms with Gasteiger partial charge in [-0.05, 0) is 25.5 Å². The van der Waals surface area contributed by atoms with Crippen molar-refractivity contribution in [1.29, 1.82) is 0 Å². The summed E-state index contributed by atoms with van der Waals surface area (Å²) >= 11 is 0. The molecule has 1 atom stereocenters. The largest absolute Gasteiger partial charge is 0.480 e. The van der Waals surface area contributed by atoms with Crippen molar-refractivity contribution >= 4 is 16.9 Å². The average Bonchev–Trinajstić information content (AvgIpc) is 3.21. The molecule has 0 aliphatic carbocycles. The molecule has 6 nitrogen and oxygen atoms in total. The predicted molar refractivity (Wildman–Crippen MR) is 133 cm³/mol. The number of unbranched alkanes of at least 4 members (excludes halogenated alkanes) is 8. The van der Waals surface area contributed by atoms with E-state index < -0.39 is 12.1 Å². The first-order valence-corrected chi connectivity index (χ1v) is 12.3. The summed E-state index contributed by atoms with van der Waals surface area (Å²) in [5, 5.41) is 19.8. The molecule has 0 fully saturated rings. The Morgan fingerprint density at radius 3 is 2.24 bits per heavy atom. The van der Waals surface area contributed by atoms with Crippen LogP contribution in [0.3, 0.4) is 0 Å². The number of carboxylic acids is 1. The van der Waals surface area contributed by atoms with Gasteiger partial charge in [0.2, 0.25) is 0 Å². The number of pyridine rings is 1. The molecule has 1 aromatic carbocycles. The third-order valence-electron chi connectivity index (χ3n) is 5.63. The first-order valence-electron chi connectivity index (χ1n) is 12.3. The second-order valence-electron chi connectivity index (χ2n) is 8.55. The van der Waals surface area contributed by atoms with Gasteiger partial charge in [-0.3, -0.25) is 9.78 Å². The van der Waals surface area contributed by atoms with E-state index in [1.54, 1.807) is 17.7 Å². The fourth-order valence-electron chi connectivity index (χ4n) is 3.77.